The van der Waals surface area contributed by atoms with Gasteiger partial charge >= 0.3 is 0 Å². The molecule has 0 radical (unpaired) electrons. The van der Waals surface area contributed by atoms with Gasteiger partial charge in [0.15, 0.2) is 12.4 Å². The Morgan fingerprint density at radius 1 is 1.33 bits per heavy atom. The zero-order valence-electron chi connectivity index (χ0n) is 14.2. The minimum atomic E-state index is 0.0149. The van der Waals surface area contributed by atoms with Crippen LogP contribution in [0.15, 0.2) is 30.6 Å². The molecule has 0 unspecified atom stereocenters. The molecule has 2 atom stereocenters. The highest BCUT2D eigenvalue weighted by Gasteiger charge is 2.28. The molecule has 6 heteroatoms. The molecule has 2 aromatic rings. The van der Waals surface area contributed by atoms with Gasteiger partial charge in [0.25, 0.3) is 5.91 Å². The summed E-state index contributed by atoms with van der Waals surface area (Å²) in [5.41, 5.74) is 0.802. The third kappa shape index (κ3) is 3.58. The van der Waals surface area contributed by atoms with E-state index in [1.807, 2.05) is 36.2 Å². The number of ether oxygens (including phenoxy) is 1. The molecule has 1 aromatic carbocycles. The van der Waals surface area contributed by atoms with E-state index in [2.05, 4.69) is 22.1 Å². The summed E-state index contributed by atoms with van der Waals surface area (Å²) >= 11 is 0. The molecular weight excluding hydrogens is 304 g/mol. The maximum atomic E-state index is 12.5. The summed E-state index contributed by atoms with van der Waals surface area (Å²) in [6.07, 6.45) is 6.19. The van der Waals surface area contributed by atoms with Gasteiger partial charge in [-0.2, -0.15) is 5.10 Å². The van der Waals surface area contributed by atoms with Crippen LogP contribution >= 0.6 is 0 Å². The number of para-hydroxylation sites is 1. The third-order valence-electron chi connectivity index (χ3n) is 4.87. The Bertz CT molecular complexity index is 671. The number of nitrogens with one attached hydrogen (secondary N) is 1. The van der Waals surface area contributed by atoms with Crippen LogP contribution in [-0.4, -0.2) is 45.7 Å². The monoisotopic (exact) mass is 328 g/mol. The molecule has 0 saturated heterocycles. The van der Waals surface area contributed by atoms with Gasteiger partial charge in [-0.15, -0.1) is 0 Å². The number of aromatic amines is 1. The molecule has 6 nitrogen and oxygen atoms in total. The molecule has 1 fully saturated rings. The molecule has 3 rings (SSSR count). The van der Waals surface area contributed by atoms with Gasteiger partial charge in [-0.3, -0.25) is 9.89 Å². The molecule has 128 valence electrons. The van der Waals surface area contributed by atoms with Crippen molar-refractivity contribution in [2.45, 2.75) is 38.6 Å². The van der Waals surface area contributed by atoms with Crippen molar-refractivity contribution in [3.63, 3.8) is 0 Å². The first-order valence-electron chi connectivity index (χ1n) is 8.50. The number of likely N-dealkylation sites (N-methyl/N-ethyl adjacent to an activating group) is 1. The largest absolute Gasteiger partial charge is 0.483 e. The quantitative estimate of drug-likeness (QED) is 0.916. The SMILES string of the molecule is C[C@@H]1CCCC[C@@H]1N(C)C(=O)COc1ccccc1-c1ncn[nH]1. The van der Waals surface area contributed by atoms with Crippen LogP contribution in [0, 0.1) is 5.92 Å². The molecule has 1 aliphatic carbocycles. The smallest absolute Gasteiger partial charge is 0.260 e. The number of H-pyrrole nitrogens is 1. The van der Waals surface area contributed by atoms with E-state index < -0.39 is 0 Å². The number of nitrogens with zero attached hydrogens (tertiary/aromatic N) is 3. The molecule has 1 amide bonds. The summed E-state index contributed by atoms with van der Waals surface area (Å²) in [6.45, 7) is 2.26. The molecule has 0 spiro atoms. The van der Waals surface area contributed by atoms with E-state index >= 15 is 0 Å². The van der Waals surface area contributed by atoms with E-state index in [0.29, 0.717) is 23.5 Å². The lowest BCUT2D eigenvalue weighted by Gasteiger charge is -2.36. The average Bonchev–Trinajstić information content (AvgIpc) is 3.14. The predicted molar refractivity (Wildman–Crippen MR) is 91.5 cm³/mol. The minimum absolute atomic E-state index is 0.0149. The Hall–Kier alpha value is -2.37. The van der Waals surface area contributed by atoms with E-state index in [1.165, 1.54) is 25.6 Å². The van der Waals surface area contributed by atoms with E-state index in [-0.39, 0.29) is 12.5 Å². The van der Waals surface area contributed by atoms with Crippen molar-refractivity contribution in [3.8, 4) is 17.1 Å². The van der Waals surface area contributed by atoms with Gasteiger partial charge in [0.1, 0.15) is 12.1 Å². The lowest BCUT2D eigenvalue weighted by Crippen LogP contribution is -2.44. The van der Waals surface area contributed by atoms with E-state index in [9.17, 15) is 4.79 Å². The van der Waals surface area contributed by atoms with Gasteiger partial charge < -0.3 is 9.64 Å². The van der Waals surface area contributed by atoms with Crippen molar-refractivity contribution in [2.24, 2.45) is 5.92 Å². The standard InChI is InChI=1S/C18H24N4O2/c1-13-7-3-5-9-15(13)22(2)17(23)11-24-16-10-6-4-8-14(16)18-19-12-20-21-18/h4,6,8,10,12-13,15H,3,5,7,9,11H2,1-2H3,(H,19,20,21)/t13-,15+/m1/s1. The molecule has 0 bridgehead atoms. The van der Waals surface area contributed by atoms with Crippen molar-refractivity contribution in [1.82, 2.24) is 20.1 Å². The molecule has 1 saturated carbocycles. The number of carbonyl (C=O) groups excluding carboxylic acids is 1. The third-order valence-corrected chi connectivity index (χ3v) is 4.87. The number of hydrogen-bond acceptors (Lipinski definition) is 4. The van der Waals surface area contributed by atoms with Gasteiger partial charge in [0.05, 0.1) is 5.56 Å². The molecular formula is C18H24N4O2. The van der Waals surface area contributed by atoms with Crippen LogP contribution in [-0.2, 0) is 4.79 Å². The average molecular weight is 328 g/mol. The number of benzene rings is 1. The highest BCUT2D eigenvalue weighted by molar-refractivity contribution is 5.78. The number of aromatic nitrogens is 3. The Kier molecular flexibility index (Phi) is 5.13. The van der Waals surface area contributed by atoms with Gasteiger partial charge in [0, 0.05) is 13.1 Å². The van der Waals surface area contributed by atoms with Crippen LogP contribution in [0.3, 0.4) is 0 Å². The highest BCUT2D eigenvalue weighted by atomic mass is 16.5. The summed E-state index contributed by atoms with van der Waals surface area (Å²) in [6, 6.07) is 7.84. The summed E-state index contributed by atoms with van der Waals surface area (Å²) in [7, 11) is 1.89. The van der Waals surface area contributed by atoms with Crippen LogP contribution in [0.25, 0.3) is 11.4 Å². The summed E-state index contributed by atoms with van der Waals surface area (Å²) in [4.78, 5) is 18.5. The van der Waals surface area contributed by atoms with Crippen molar-refractivity contribution in [2.75, 3.05) is 13.7 Å². The van der Waals surface area contributed by atoms with Gasteiger partial charge in [-0.25, -0.2) is 4.98 Å². The Balaban J connectivity index is 1.64. The van der Waals surface area contributed by atoms with Gasteiger partial charge in [0.2, 0.25) is 0 Å². The summed E-state index contributed by atoms with van der Waals surface area (Å²) in [5, 5.41) is 6.69. The molecule has 1 heterocycles. The van der Waals surface area contributed by atoms with Crippen molar-refractivity contribution < 1.29 is 9.53 Å². The van der Waals surface area contributed by atoms with E-state index in [0.717, 1.165) is 12.0 Å². The zero-order valence-corrected chi connectivity index (χ0v) is 14.2. The molecule has 1 aromatic heterocycles. The summed E-state index contributed by atoms with van der Waals surface area (Å²) in [5.74, 6) is 1.83. The van der Waals surface area contributed by atoms with Gasteiger partial charge in [-0.05, 0) is 30.9 Å². The number of amides is 1. The van der Waals surface area contributed by atoms with Crippen molar-refractivity contribution >= 4 is 5.91 Å². The van der Waals surface area contributed by atoms with E-state index in [4.69, 9.17) is 4.74 Å². The second-order valence-electron chi connectivity index (χ2n) is 6.45. The molecule has 1 N–H and O–H groups in total. The van der Waals surface area contributed by atoms with Crippen molar-refractivity contribution in [1.29, 1.82) is 0 Å². The van der Waals surface area contributed by atoms with Crippen molar-refractivity contribution in [3.05, 3.63) is 30.6 Å². The first-order valence-corrected chi connectivity index (χ1v) is 8.50. The second-order valence-corrected chi connectivity index (χ2v) is 6.45. The zero-order chi connectivity index (χ0) is 16.9. The fourth-order valence-corrected chi connectivity index (χ4v) is 3.42. The van der Waals surface area contributed by atoms with Crippen LogP contribution in [0.4, 0.5) is 0 Å². The van der Waals surface area contributed by atoms with E-state index in [1.54, 1.807) is 0 Å². The lowest BCUT2D eigenvalue weighted by atomic mass is 9.85. The topological polar surface area (TPSA) is 71.1 Å². The fraction of sp³-hybridized carbons (Fsp3) is 0.500. The number of hydrogen-bond donors (Lipinski definition) is 1. The first-order chi connectivity index (χ1) is 11.7. The molecule has 24 heavy (non-hydrogen) atoms. The summed E-state index contributed by atoms with van der Waals surface area (Å²) < 4.78 is 5.79. The highest BCUT2D eigenvalue weighted by Crippen LogP contribution is 2.28. The van der Waals surface area contributed by atoms with Gasteiger partial charge in [-0.1, -0.05) is 31.9 Å². The van der Waals surface area contributed by atoms with Crippen LogP contribution < -0.4 is 4.74 Å². The normalized spacial score (nSPS) is 20.6. The predicted octanol–water partition coefficient (Wildman–Crippen LogP) is 2.89. The first kappa shape index (κ1) is 16.5. The Morgan fingerprint density at radius 3 is 2.88 bits per heavy atom. The number of rotatable bonds is 5. The van der Waals surface area contributed by atoms with Crippen LogP contribution in [0.5, 0.6) is 5.75 Å². The maximum Gasteiger partial charge on any atom is 0.260 e. The fourth-order valence-electron chi connectivity index (χ4n) is 3.42. The Labute approximate surface area is 142 Å². The lowest BCUT2D eigenvalue weighted by molar-refractivity contribution is -0.135. The molecule has 0 aliphatic heterocycles. The Morgan fingerprint density at radius 2 is 2.12 bits per heavy atom. The maximum absolute atomic E-state index is 12.5. The number of carbonyl (C=O) groups is 1. The molecule has 1 aliphatic rings. The minimum Gasteiger partial charge on any atom is -0.483 e. The second kappa shape index (κ2) is 7.47. The van der Waals surface area contributed by atoms with Crippen LogP contribution in [0.1, 0.15) is 32.6 Å². The van der Waals surface area contributed by atoms with Crippen LogP contribution in [0.2, 0.25) is 0 Å².